The van der Waals surface area contributed by atoms with Crippen molar-refractivity contribution in [3.05, 3.63) is 40.2 Å². The number of nitriles is 1. The maximum absolute atomic E-state index is 13.3. The topological polar surface area (TPSA) is 147 Å². The van der Waals surface area contributed by atoms with Gasteiger partial charge in [0.15, 0.2) is 6.29 Å². The molecule has 5 rings (SSSR count). The standard InChI is InChI=1S/C25H26N6O5.C2H6O/c1-30(24(33)20-5-3-8-35-20)13-16-10-15-4-2-7-31(23(15)28-19(16)14-32)25(34)29-22-18-6-9-36-21(18)17(11-26)12-27-22;1-3-2/h10,12,14,20H,2-9,13H2,1H3,(H,27,29,34);1-2H3. The minimum atomic E-state index is -0.442. The number of aromatic nitrogens is 2. The monoisotopic (exact) mass is 536 g/mol. The van der Waals surface area contributed by atoms with Crippen molar-refractivity contribution in [2.75, 3.05) is 51.2 Å². The third-order valence-corrected chi connectivity index (χ3v) is 6.69. The van der Waals surface area contributed by atoms with Gasteiger partial charge in [-0.2, -0.15) is 5.26 Å². The Hall–Kier alpha value is -4.08. The van der Waals surface area contributed by atoms with E-state index in [9.17, 15) is 19.6 Å². The Morgan fingerprint density at radius 2 is 2.10 bits per heavy atom. The summed E-state index contributed by atoms with van der Waals surface area (Å²) in [6.07, 6.45) is 5.09. The molecule has 0 aromatic carbocycles. The van der Waals surface area contributed by atoms with Gasteiger partial charge in [-0.15, -0.1) is 0 Å². The lowest BCUT2D eigenvalue weighted by Crippen LogP contribution is -2.40. The van der Waals surface area contributed by atoms with Crippen molar-refractivity contribution in [1.82, 2.24) is 14.9 Å². The molecular weight excluding hydrogens is 504 g/mol. The Kier molecular flexibility index (Phi) is 9.06. The summed E-state index contributed by atoms with van der Waals surface area (Å²) in [5, 5.41) is 12.1. The Balaban J connectivity index is 0.00000112. The molecule has 1 N–H and O–H groups in total. The molecule has 12 heteroatoms. The van der Waals surface area contributed by atoms with E-state index in [0.717, 1.165) is 12.0 Å². The van der Waals surface area contributed by atoms with Gasteiger partial charge in [0.05, 0.1) is 12.8 Å². The van der Waals surface area contributed by atoms with E-state index in [1.165, 1.54) is 11.1 Å². The number of carbonyl (C=O) groups is 3. The highest BCUT2D eigenvalue weighted by Gasteiger charge is 2.30. The first-order valence-corrected chi connectivity index (χ1v) is 12.8. The summed E-state index contributed by atoms with van der Waals surface area (Å²) in [5.41, 5.74) is 2.66. The summed E-state index contributed by atoms with van der Waals surface area (Å²) >= 11 is 0. The van der Waals surface area contributed by atoms with E-state index in [-0.39, 0.29) is 18.1 Å². The van der Waals surface area contributed by atoms with Crippen LogP contribution in [0.4, 0.5) is 16.4 Å². The maximum Gasteiger partial charge on any atom is 0.328 e. The maximum atomic E-state index is 13.3. The fourth-order valence-corrected chi connectivity index (χ4v) is 4.88. The highest BCUT2D eigenvalue weighted by atomic mass is 16.5. The lowest BCUT2D eigenvalue weighted by Gasteiger charge is -2.30. The number of hydrogen-bond donors (Lipinski definition) is 1. The van der Waals surface area contributed by atoms with E-state index in [1.54, 1.807) is 26.2 Å². The Bertz CT molecular complexity index is 1290. The van der Waals surface area contributed by atoms with Gasteiger partial charge >= 0.3 is 6.03 Å². The number of aldehydes is 1. The molecule has 0 saturated carbocycles. The number of anilines is 2. The fourth-order valence-electron chi connectivity index (χ4n) is 4.88. The van der Waals surface area contributed by atoms with Gasteiger partial charge in [0.25, 0.3) is 5.91 Å². The average molecular weight is 537 g/mol. The number of pyridine rings is 2. The largest absolute Gasteiger partial charge is 0.491 e. The predicted octanol–water partition coefficient (Wildman–Crippen LogP) is 2.48. The number of fused-ring (bicyclic) bond motifs is 2. The molecule has 1 saturated heterocycles. The van der Waals surface area contributed by atoms with Crippen LogP contribution in [0.2, 0.25) is 0 Å². The third-order valence-electron chi connectivity index (χ3n) is 6.69. The van der Waals surface area contributed by atoms with Crippen LogP contribution in [0, 0.1) is 11.3 Å². The van der Waals surface area contributed by atoms with Crippen LogP contribution >= 0.6 is 0 Å². The molecule has 5 heterocycles. The molecule has 3 aliphatic heterocycles. The molecule has 3 aliphatic rings. The van der Waals surface area contributed by atoms with Crippen molar-refractivity contribution in [2.45, 2.75) is 44.8 Å². The number of ether oxygens (including phenoxy) is 3. The van der Waals surface area contributed by atoms with Crippen molar-refractivity contribution in [3.8, 4) is 11.8 Å². The highest BCUT2D eigenvalue weighted by molar-refractivity contribution is 6.02. The highest BCUT2D eigenvalue weighted by Crippen LogP contribution is 2.34. The Labute approximate surface area is 226 Å². The summed E-state index contributed by atoms with van der Waals surface area (Å²) < 4.78 is 15.3. The van der Waals surface area contributed by atoms with Crippen LogP contribution in [0.25, 0.3) is 0 Å². The second-order valence-corrected chi connectivity index (χ2v) is 9.46. The summed E-state index contributed by atoms with van der Waals surface area (Å²) in [5.74, 6) is 1.10. The molecule has 3 amide bonds. The van der Waals surface area contributed by atoms with E-state index in [1.807, 2.05) is 6.07 Å². The van der Waals surface area contributed by atoms with Gasteiger partial charge in [-0.25, -0.2) is 14.8 Å². The smallest absolute Gasteiger partial charge is 0.328 e. The van der Waals surface area contributed by atoms with E-state index in [0.29, 0.717) is 85.8 Å². The molecule has 0 radical (unpaired) electrons. The summed E-state index contributed by atoms with van der Waals surface area (Å²) in [6.45, 7) is 1.65. The first-order chi connectivity index (χ1) is 18.9. The first-order valence-electron chi connectivity index (χ1n) is 12.8. The molecule has 1 atom stereocenters. The number of carbonyl (C=O) groups excluding carboxylic acids is 3. The van der Waals surface area contributed by atoms with Crippen molar-refractivity contribution in [2.24, 2.45) is 0 Å². The van der Waals surface area contributed by atoms with Gasteiger partial charge in [-0.1, -0.05) is 0 Å². The van der Waals surface area contributed by atoms with Crippen molar-refractivity contribution in [3.63, 3.8) is 0 Å². The molecule has 1 unspecified atom stereocenters. The number of rotatable bonds is 5. The third kappa shape index (κ3) is 6.00. The number of urea groups is 1. The Morgan fingerprint density at radius 3 is 2.79 bits per heavy atom. The normalized spacial score (nSPS) is 17.1. The number of nitrogens with one attached hydrogen (secondary N) is 1. The molecule has 2 aromatic rings. The average Bonchev–Trinajstić information content (AvgIpc) is 3.66. The summed E-state index contributed by atoms with van der Waals surface area (Å²) in [4.78, 5) is 49.7. The molecule has 0 aliphatic carbocycles. The zero-order valence-corrected chi connectivity index (χ0v) is 22.4. The lowest BCUT2D eigenvalue weighted by molar-refractivity contribution is -0.140. The number of hydrogen-bond acceptors (Lipinski definition) is 9. The van der Waals surface area contributed by atoms with Gasteiger partial charge in [0.2, 0.25) is 0 Å². The molecule has 0 spiro atoms. The van der Waals surface area contributed by atoms with Crippen LogP contribution in [0.3, 0.4) is 0 Å². The zero-order chi connectivity index (χ0) is 27.9. The zero-order valence-electron chi connectivity index (χ0n) is 22.4. The molecule has 2 aromatic heterocycles. The predicted molar refractivity (Wildman–Crippen MR) is 141 cm³/mol. The second-order valence-electron chi connectivity index (χ2n) is 9.46. The van der Waals surface area contributed by atoms with Crippen molar-refractivity contribution >= 4 is 29.9 Å². The van der Waals surface area contributed by atoms with E-state index >= 15 is 0 Å². The van der Waals surface area contributed by atoms with E-state index in [4.69, 9.17) is 9.47 Å². The molecule has 1 fully saturated rings. The molecule has 0 bridgehead atoms. The minimum Gasteiger partial charge on any atom is -0.491 e. The molecule has 206 valence electrons. The first kappa shape index (κ1) is 27.9. The van der Waals surface area contributed by atoms with Gasteiger partial charge in [0.1, 0.15) is 40.8 Å². The van der Waals surface area contributed by atoms with Gasteiger partial charge in [-0.05, 0) is 37.3 Å². The van der Waals surface area contributed by atoms with Crippen LogP contribution in [-0.4, -0.2) is 80.2 Å². The Morgan fingerprint density at radius 1 is 1.31 bits per heavy atom. The molecular formula is C27H32N6O6. The van der Waals surface area contributed by atoms with Crippen LogP contribution < -0.4 is 15.0 Å². The summed E-state index contributed by atoms with van der Waals surface area (Å²) in [6, 6.07) is 3.48. The van der Waals surface area contributed by atoms with Gasteiger partial charge < -0.3 is 19.1 Å². The molecule has 12 nitrogen and oxygen atoms in total. The number of methoxy groups -OCH3 is 1. The van der Waals surface area contributed by atoms with Crippen molar-refractivity contribution in [1.29, 1.82) is 5.26 Å². The quantitative estimate of drug-likeness (QED) is 0.569. The van der Waals surface area contributed by atoms with Gasteiger partial charge in [-0.3, -0.25) is 19.8 Å². The molecule has 39 heavy (non-hydrogen) atoms. The summed E-state index contributed by atoms with van der Waals surface area (Å²) in [7, 11) is 4.94. The van der Waals surface area contributed by atoms with Crippen LogP contribution in [0.15, 0.2) is 12.3 Å². The van der Waals surface area contributed by atoms with Crippen LogP contribution in [-0.2, 0) is 33.7 Å². The number of amides is 3. The number of nitrogens with zero attached hydrogens (tertiary/aromatic N) is 5. The van der Waals surface area contributed by atoms with E-state index in [2.05, 4.69) is 26.1 Å². The number of likely N-dealkylation sites (N-methyl/N-ethyl adjacent to an activating group) is 1. The van der Waals surface area contributed by atoms with E-state index < -0.39 is 12.1 Å². The van der Waals surface area contributed by atoms with Crippen LogP contribution in [0.5, 0.6) is 5.75 Å². The second kappa shape index (κ2) is 12.6. The lowest BCUT2D eigenvalue weighted by atomic mass is 10.0. The fraction of sp³-hybridized carbons (Fsp3) is 0.481. The minimum absolute atomic E-state index is 0.116. The van der Waals surface area contributed by atoms with Crippen molar-refractivity contribution < 1.29 is 28.6 Å². The van der Waals surface area contributed by atoms with Gasteiger partial charge in [0, 0.05) is 58.5 Å². The number of aryl methyl sites for hydroxylation is 1. The van der Waals surface area contributed by atoms with Crippen LogP contribution in [0.1, 0.15) is 52.0 Å². The SMILES string of the molecule is CN(Cc1cc2c(nc1C=O)N(C(=O)Nc1ncc(C#N)c3c1CCO3)CCC2)C(=O)C1CCCO1.COC.